The van der Waals surface area contributed by atoms with Crippen LogP contribution in [0, 0.1) is 0 Å². The van der Waals surface area contributed by atoms with Crippen molar-refractivity contribution in [3.63, 3.8) is 0 Å². The lowest BCUT2D eigenvalue weighted by Gasteiger charge is -2.43. The van der Waals surface area contributed by atoms with Crippen LogP contribution in [0.4, 0.5) is 0 Å². The van der Waals surface area contributed by atoms with Crippen LogP contribution in [0.25, 0.3) is 0 Å². The van der Waals surface area contributed by atoms with Crippen LogP contribution >= 0.6 is 0 Å². The Balaban J connectivity index is 2.15. The molecule has 0 aromatic rings. The van der Waals surface area contributed by atoms with Crippen LogP contribution in [0.15, 0.2) is 0 Å². The number of amides is 1. The van der Waals surface area contributed by atoms with E-state index in [1.54, 1.807) is 7.11 Å². The molecule has 1 amide bonds. The molecule has 1 aliphatic rings. The van der Waals surface area contributed by atoms with E-state index in [0.29, 0.717) is 52.8 Å². The number of hydrogen-bond acceptors (Lipinski definition) is 6. The maximum absolute atomic E-state index is 12.3. The number of rotatable bonds is 10. The summed E-state index contributed by atoms with van der Waals surface area (Å²) in [5.74, 6) is -0.000399. The summed E-state index contributed by atoms with van der Waals surface area (Å²) >= 11 is 0. The van der Waals surface area contributed by atoms with E-state index in [4.69, 9.17) is 18.9 Å². The highest BCUT2D eigenvalue weighted by Crippen LogP contribution is 2.19. The van der Waals surface area contributed by atoms with Gasteiger partial charge < -0.3 is 24.3 Å². The third-order valence-electron chi connectivity index (χ3n) is 3.64. The normalized spacial score (nSPS) is 19.7. The lowest BCUT2D eigenvalue weighted by atomic mass is 10.0. The second kappa shape index (κ2) is 10.9. The molecule has 1 N–H and O–H groups in total. The molecule has 0 aliphatic carbocycles. The molecule has 0 aromatic carbocycles. The molecule has 0 radical (unpaired) electrons. The number of hydrogen-bond donors (Lipinski definition) is 1. The highest BCUT2D eigenvalue weighted by Gasteiger charge is 2.35. The Bertz CT molecular complexity index is 333. The monoisotopic (exact) mass is 332 g/mol. The number of carbonyl (C=O) groups excluding carboxylic acids is 1. The Morgan fingerprint density at radius 2 is 1.83 bits per heavy atom. The molecule has 1 fully saturated rings. The number of ether oxygens (including phenoxy) is 4. The number of morpholine rings is 1. The Labute approximate surface area is 139 Å². The first kappa shape index (κ1) is 20.3. The third-order valence-corrected chi connectivity index (χ3v) is 3.64. The summed E-state index contributed by atoms with van der Waals surface area (Å²) in [5.41, 5.74) is -0.0537. The van der Waals surface area contributed by atoms with Gasteiger partial charge in [-0.3, -0.25) is 9.69 Å². The van der Waals surface area contributed by atoms with Crippen LogP contribution in [0.1, 0.15) is 20.8 Å². The lowest BCUT2D eigenvalue weighted by Crippen LogP contribution is -2.60. The number of nitrogens with zero attached hydrogens (tertiary/aromatic N) is 1. The predicted molar refractivity (Wildman–Crippen MR) is 87.6 cm³/mol. The minimum Gasteiger partial charge on any atom is -0.382 e. The third kappa shape index (κ3) is 8.08. The summed E-state index contributed by atoms with van der Waals surface area (Å²) in [4.78, 5) is 14.5. The second-order valence-electron chi connectivity index (χ2n) is 6.46. The molecule has 0 bridgehead atoms. The number of carbonyl (C=O) groups is 1. The van der Waals surface area contributed by atoms with Gasteiger partial charge in [-0.25, -0.2) is 0 Å². The Kier molecular flexibility index (Phi) is 9.66. The average molecular weight is 332 g/mol. The summed E-state index contributed by atoms with van der Waals surface area (Å²) in [6.07, 6.45) is 0. The van der Waals surface area contributed by atoms with Gasteiger partial charge in [-0.15, -0.1) is 0 Å². The first-order valence-electron chi connectivity index (χ1n) is 8.23. The van der Waals surface area contributed by atoms with Crippen molar-refractivity contribution >= 4 is 5.91 Å². The molecular weight excluding hydrogens is 300 g/mol. The molecule has 7 nitrogen and oxygen atoms in total. The first-order valence-corrected chi connectivity index (χ1v) is 8.23. The van der Waals surface area contributed by atoms with E-state index >= 15 is 0 Å². The van der Waals surface area contributed by atoms with Crippen molar-refractivity contribution < 1.29 is 23.7 Å². The molecule has 1 unspecified atom stereocenters. The zero-order valence-electron chi connectivity index (χ0n) is 14.9. The fourth-order valence-corrected chi connectivity index (χ4v) is 2.45. The Morgan fingerprint density at radius 3 is 2.48 bits per heavy atom. The summed E-state index contributed by atoms with van der Waals surface area (Å²) < 4.78 is 21.0. The molecule has 1 rings (SSSR count). The van der Waals surface area contributed by atoms with Crippen LogP contribution in [-0.4, -0.2) is 88.8 Å². The van der Waals surface area contributed by atoms with Crippen molar-refractivity contribution in [3.05, 3.63) is 0 Å². The minimum atomic E-state index is -0.235. The zero-order valence-corrected chi connectivity index (χ0v) is 14.9. The molecule has 1 atom stereocenters. The molecule has 0 saturated carbocycles. The highest BCUT2D eigenvalue weighted by molar-refractivity contribution is 5.82. The van der Waals surface area contributed by atoms with Gasteiger partial charge in [-0.2, -0.15) is 0 Å². The van der Waals surface area contributed by atoms with Crippen molar-refractivity contribution in [2.45, 2.75) is 32.4 Å². The number of nitrogens with one attached hydrogen (secondary N) is 1. The van der Waals surface area contributed by atoms with Crippen LogP contribution in [-0.2, 0) is 23.7 Å². The Morgan fingerprint density at radius 1 is 1.17 bits per heavy atom. The highest BCUT2D eigenvalue weighted by atomic mass is 16.5. The van der Waals surface area contributed by atoms with Gasteiger partial charge in [0.05, 0.1) is 46.2 Å². The molecule has 1 aliphatic heterocycles. The predicted octanol–water partition coefficient (Wildman–Crippen LogP) is 0.282. The molecule has 23 heavy (non-hydrogen) atoms. The summed E-state index contributed by atoms with van der Waals surface area (Å²) in [6.45, 7) is 11.4. The maximum atomic E-state index is 12.3. The summed E-state index contributed by atoms with van der Waals surface area (Å²) in [7, 11) is 1.64. The average Bonchev–Trinajstić information content (AvgIpc) is 2.52. The summed E-state index contributed by atoms with van der Waals surface area (Å²) in [6, 6.07) is -0.235. The van der Waals surface area contributed by atoms with Crippen molar-refractivity contribution in [3.8, 4) is 0 Å². The zero-order chi connectivity index (χ0) is 17.1. The van der Waals surface area contributed by atoms with E-state index in [-0.39, 0.29) is 17.5 Å². The minimum absolute atomic E-state index is 0.000399. The molecule has 1 heterocycles. The lowest BCUT2D eigenvalue weighted by molar-refractivity contribution is -0.137. The fraction of sp³-hybridized carbons (Fsp3) is 0.938. The first-order chi connectivity index (χ1) is 11.0. The summed E-state index contributed by atoms with van der Waals surface area (Å²) in [5, 5.41) is 2.92. The topological polar surface area (TPSA) is 69.3 Å². The molecule has 0 spiro atoms. The van der Waals surface area contributed by atoms with Gasteiger partial charge in [0, 0.05) is 25.7 Å². The van der Waals surface area contributed by atoms with Gasteiger partial charge in [-0.1, -0.05) is 0 Å². The van der Waals surface area contributed by atoms with Gasteiger partial charge in [0.25, 0.3) is 0 Å². The maximum Gasteiger partial charge on any atom is 0.239 e. The van der Waals surface area contributed by atoms with Gasteiger partial charge in [0.2, 0.25) is 5.91 Å². The quantitative estimate of drug-likeness (QED) is 0.580. The molecule has 1 saturated heterocycles. The van der Waals surface area contributed by atoms with Gasteiger partial charge >= 0.3 is 0 Å². The van der Waals surface area contributed by atoms with E-state index in [1.807, 2.05) is 0 Å². The molecule has 136 valence electrons. The van der Waals surface area contributed by atoms with E-state index in [9.17, 15) is 4.79 Å². The van der Waals surface area contributed by atoms with Crippen LogP contribution in [0.3, 0.4) is 0 Å². The van der Waals surface area contributed by atoms with Crippen molar-refractivity contribution in [2.75, 3.05) is 66.4 Å². The second-order valence-corrected chi connectivity index (χ2v) is 6.46. The molecular formula is C16H32N2O5. The smallest absolute Gasteiger partial charge is 0.239 e. The van der Waals surface area contributed by atoms with Crippen LogP contribution < -0.4 is 5.32 Å². The van der Waals surface area contributed by atoms with E-state index in [0.717, 1.165) is 6.54 Å². The standard InChI is InChI=1S/C16H32N2O5/c1-16(2,3)18-6-8-23-13-14(18)15(19)17-5-7-21-11-12-22-10-9-20-4/h14H,5-13H2,1-4H3,(H,17,19). The van der Waals surface area contributed by atoms with Crippen molar-refractivity contribution in [1.82, 2.24) is 10.2 Å². The fourth-order valence-electron chi connectivity index (χ4n) is 2.45. The van der Waals surface area contributed by atoms with Gasteiger partial charge in [0.15, 0.2) is 0 Å². The van der Waals surface area contributed by atoms with E-state index < -0.39 is 0 Å². The number of methoxy groups -OCH3 is 1. The molecule has 0 aromatic heterocycles. The van der Waals surface area contributed by atoms with E-state index in [1.165, 1.54) is 0 Å². The Hall–Kier alpha value is -0.730. The van der Waals surface area contributed by atoms with Crippen LogP contribution in [0.5, 0.6) is 0 Å². The van der Waals surface area contributed by atoms with E-state index in [2.05, 4.69) is 31.0 Å². The van der Waals surface area contributed by atoms with Crippen molar-refractivity contribution in [1.29, 1.82) is 0 Å². The SMILES string of the molecule is COCCOCCOCCNC(=O)C1COCCN1C(C)(C)C. The van der Waals surface area contributed by atoms with Crippen LogP contribution in [0.2, 0.25) is 0 Å². The van der Waals surface area contributed by atoms with Gasteiger partial charge in [0.1, 0.15) is 6.04 Å². The molecule has 7 heteroatoms. The van der Waals surface area contributed by atoms with Crippen molar-refractivity contribution in [2.24, 2.45) is 0 Å². The van der Waals surface area contributed by atoms with Gasteiger partial charge in [-0.05, 0) is 20.8 Å². The largest absolute Gasteiger partial charge is 0.382 e.